The minimum atomic E-state index is -0.637. The molecule has 0 aliphatic carbocycles. The highest BCUT2D eigenvalue weighted by Crippen LogP contribution is 2.21. The molecular weight excluding hydrogens is 468 g/mol. The predicted octanol–water partition coefficient (Wildman–Crippen LogP) is 5.20. The normalized spacial score (nSPS) is 12.2. The van der Waals surface area contributed by atoms with E-state index in [-0.39, 0.29) is 25.0 Å². The van der Waals surface area contributed by atoms with Gasteiger partial charge < -0.3 is 15.0 Å². The second-order valence-electron chi connectivity index (χ2n) is 8.02. The third-order valence-corrected chi connectivity index (χ3v) is 5.26. The van der Waals surface area contributed by atoms with Crippen LogP contribution in [0.15, 0.2) is 53.0 Å². The van der Waals surface area contributed by atoms with Crippen molar-refractivity contribution in [2.45, 2.75) is 52.2 Å². The second-order valence-corrected chi connectivity index (χ2v) is 9.34. The Hall–Kier alpha value is -2.05. The summed E-state index contributed by atoms with van der Waals surface area (Å²) in [5, 5.41) is 3.53. The smallest absolute Gasteiger partial charge is 0.261 e. The first-order valence-corrected chi connectivity index (χ1v) is 11.0. The molecule has 0 spiro atoms. The number of carbonyl (C=O) groups excluding carboxylic acids is 2. The van der Waals surface area contributed by atoms with Gasteiger partial charge in [-0.05, 0) is 63.1 Å². The fraction of sp³-hybridized carbons (Fsp3) is 0.391. The summed E-state index contributed by atoms with van der Waals surface area (Å²) in [7, 11) is 0. The first-order valence-electron chi connectivity index (χ1n) is 9.84. The van der Waals surface area contributed by atoms with Crippen LogP contribution in [-0.4, -0.2) is 34.9 Å². The molecule has 0 aliphatic rings. The van der Waals surface area contributed by atoms with Crippen molar-refractivity contribution in [2.24, 2.45) is 0 Å². The highest BCUT2D eigenvalue weighted by atomic mass is 79.9. The van der Waals surface area contributed by atoms with Gasteiger partial charge in [-0.25, -0.2) is 0 Å². The van der Waals surface area contributed by atoms with E-state index in [4.69, 9.17) is 16.3 Å². The standard InChI is InChI=1S/C23H28BrClN2O3/c1-5-20(22(29)26-23(2,3)4)27(14-16-8-6-7-9-19(16)25)21(28)15-30-18-12-10-17(24)11-13-18/h6-13,20H,5,14-15H2,1-4H3,(H,26,29). The van der Waals surface area contributed by atoms with E-state index in [0.29, 0.717) is 17.2 Å². The van der Waals surface area contributed by atoms with Crippen molar-refractivity contribution in [1.29, 1.82) is 0 Å². The van der Waals surface area contributed by atoms with Crippen LogP contribution in [-0.2, 0) is 16.1 Å². The number of amides is 2. The largest absolute Gasteiger partial charge is 0.484 e. The highest BCUT2D eigenvalue weighted by Gasteiger charge is 2.31. The molecule has 2 rings (SSSR count). The Labute approximate surface area is 191 Å². The molecule has 1 unspecified atom stereocenters. The van der Waals surface area contributed by atoms with Crippen molar-refractivity contribution >= 4 is 39.3 Å². The van der Waals surface area contributed by atoms with Crippen LogP contribution < -0.4 is 10.1 Å². The number of carbonyl (C=O) groups is 2. The molecule has 0 saturated heterocycles. The van der Waals surface area contributed by atoms with Crippen molar-refractivity contribution in [3.8, 4) is 5.75 Å². The van der Waals surface area contributed by atoms with Gasteiger partial charge in [-0.3, -0.25) is 9.59 Å². The highest BCUT2D eigenvalue weighted by molar-refractivity contribution is 9.10. The molecule has 2 aromatic rings. The zero-order chi connectivity index (χ0) is 22.3. The number of benzene rings is 2. The zero-order valence-corrected chi connectivity index (χ0v) is 20.1. The molecular formula is C23H28BrClN2O3. The third kappa shape index (κ3) is 7.33. The Kier molecular flexibility index (Phi) is 8.74. The number of ether oxygens (including phenoxy) is 1. The summed E-state index contributed by atoms with van der Waals surface area (Å²) in [5.74, 6) is 0.0965. The summed E-state index contributed by atoms with van der Waals surface area (Å²) in [4.78, 5) is 27.6. The summed E-state index contributed by atoms with van der Waals surface area (Å²) in [6.07, 6.45) is 0.469. The van der Waals surface area contributed by atoms with Crippen molar-refractivity contribution in [1.82, 2.24) is 10.2 Å². The summed E-state index contributed by atoms with van der Waals surface area (Å²) in [6.45, 7) is 7.66. The molecule has 0 saturated carbocycles. The van der Waals surface area contributed by atoms with Crippen LogP contribution in [0.1, 0.15) is 39.7 Å². The quantitative estimate of drug-likeness (QED) is 0.547. The van der Waals surface area contributed by atoms with E-state index in [9.17, 15) is 9.59 Å². The van der Waals surface area contributed by atoms with E-state index in [0.717, 1.165) is 10.0 Å². The van der Waals surface area contributed by atoms with Crippen LogP contribution in [0, 0.1) is 0 Å². The first-order chi connectivity index (χ1) is 14.1. The van der Waals surface area contributed by atoms with Crippen molar-refractivity contribution < 1.29 is 14.3 Å². The molecule has 162 valence electrons. The molecule has 0 bridgehead atoms. The van der Waals surface area contributed by atoms with E-state index in [1.54, 1.807) is 23.1 Å². The Morgan fingerprint density at radius 1 is 1.13 bits per heavy atom. The number of rotatable bonds is 8. The molecule has 1 N–H and O–H groups in total. The van der Waals surface area contributed by atoms with Crippen molar-refractivity contribution in [2.75, 3.05) is 6.61 Å². The van der Waals surface area contributed by atoms with Crippen molar-refractivity contribution in [3.05, 3.63) is 63.6 Å². The molecule has 30 heavy (non-hydrogen) atoms. The molecule has 1 atom stereocenters. The second kappa shape index (κ2) is 10.8. The maximum atomic E-state index is 13.1. The van der Waals surface area contributed by atoms with Crippen LogP contribution in [0.3, 0.4) is 0 Å². The fourth-order valence-corrected chi connectivity index (χ4v) is 3.40. The minimum absolute atomic E-state index is 0.175. The molecule has 0 aromatic heterocycles. The number of nitrogens with one attached hydrogen (secondary N) is 1. The molecule has 2 amide bonds. The molecule has 0 fully saturated rings. The van der Waals surface area contributed by atoms with E-state index in [2.05, 4.69) is 21.2 Å². The Bertz CT molecular complexity index is 865. The minimum Gasteiger partial charge on any atom is -0.484 e. The maximum absolute atomic E-state index is 13.1. The zero-order valence-electron chi connectivity index (χ0n) is 17.7. The Balaban J connectivity index is 2.24. The monoisotopic (exact) mass is 494 g/mol. The Morgan fingerprint density at radius 3 is 2.33 bits per heavy atom. The molecule has 7 heteroatoms. The van der Waals surface area contributed by atoms with E-state index < -0.39 is 11.6 Å². The predicted molar refractivity (Wildman–Crippen MR) is 124 cm³/mol. The average molecular weight is 496 g/mol. The van der Waals surface area contributed by atoms with Crippen LogP contribution in [0.4, 0.5) is 0 Å². The van der Waals surface area contributed by atoms with Gasteiger partial charge in [-0.2, -0.15) is 0 Å². The lowest BCUT2D eigenvalue weighted by molar-refractivity contribution is -0.143. The summed E-state index contributed by atoms with van der Waals surface area (Å²) in [5.41, 5.74) is 0.371. The maximum Gasteiger partial charge on any atom is 0.261 e. The van der Waals surface area contributed by atoms with Crippen LogP contribution in [0.2, 0.25) is 5.02 Å². The van der Waals surface area contributed by atoms with Gasteiger partial charge in [0.05, 0.1) is 0 Å². The Morgan fingerprint density at radius 2 is 1.77 bits per heavy atom. The molecule has 0 heterocycles. The van der Waals surface area contributed by atoms with Crippen LogP contribution >= 0.6 is 27.5 Å². The van der Waals surface area contributed by atoms with Gasteiger partial charge >= 0.3 is 0 Å². The van der Waals surface area contributed by atoms with Gasteiger partial charge in [0.15, 0.2) is 6.61 Å². The molecule has 0 radical (unpaired) electrons. The van der Waals surface area contributed by atoms with Gasteiger partial charge in [0.2, 0.25) is 5.91 Å². The topological polar surface area (TPSA) is 58.6 Å². The van der Waals surface area contributed by atoms with Gasteiger partial charge in [-0.1, -0.05) is 52.7 Å². The van der Waals surface area contributed by atoms with Crippen molar-refractivity contribution in [3.63, 3.8) is 0 Å². The number of nitrogens with zero attached hydrogens (tertiary/aromatic N) is 1. The van der Waals surface area contributed by atoms with E-state index >= 15 is 0 Å². The van der Waals surface area contributed by atoms with Gasteiger partial charge in [0.25, 0.3) is 5.91 Å². The molecule has 2 aromatic carbocycles. The van der Waals surface area contributed by atoms with Gasteiger partial charge in [-0.15, -0.1) is 0 Å². The van der Waals surface area contributed by atoms with Crippen LogP contribution in [0.25, 0.3) is 0 Å². The number of hydrogen-bond donors (Lipinski definition) is 1. The van der Waals surface area contributed by atoms with Gasteiger partial charge in [0.1, 0.15) is 11.8 Å². The van der Waals surface area contributed by atoms with Gasteiger partial charge in [0, 0.05) is 21.6 Å². The lowest BCUT2D eigenvalue weighted by atomic mass is 10.1. The first kappa shape index (κ1) is 24.2. The number of halogens is 2. The third-order valence-electron chi connectivity index (χ3n) is 4.36. The lowest BCUT2D eigenvalue weighted by Gasteiger charge is -2.33. The number of hydrogen-bond acceptors (Lipinski definition) is 3. The summed E-state index contributed by atoms with van der Waals surface area (Å²) in [6, 6.07) is 13.9. The SMILES string of the molecule is CCC(C(=O)NC(C)(C)C)N(Cc1ccccc1Cl)C(=O)COc1ccc(Br)cc1. The summed E-state index contributed by atoms with van der Waals surface area (Å²) < 4.78 is 6.59. The van der Waals surface area contributed by atoms with Crippen LogP contribution in [0.5, 0.6) is 5.75 Å². The molecule has 5 nitrogen and oxygen atoms in total. The van der Waals surface area contributed by atoms with E-state index in [1.165, 1.54) is 0 Å². The van der Waals surface area contributed by atoms with E-state index in [1.807, 2.05) is 58.0 Å². The fourth-order valence-electron chi connectivity index (χ4n) is 2.94. The summed E-state index contributed by atoms with van der Waals surface area (Å²) >= 11 is 9.69. The average Bonchev–Trinajstić information content (AvgIpc) is 2.67. The lowest BCUT2D eigenvalue weighted by Crippen LogP contribution is -2.54. The molecule has 0 aliphatic heterocycles.